The third-order valence-corrected chi connectivity index (χ3v) is 4.13. The largest absolute Gasteiger partial charge is 0.339 e. The van der Waals surface area contributed by atoms with E-state index in [1.54, 1.807) is 18.2 Å². The highest BCUT2D eigenvalue weighted by Crippen LogP contribution is 2.20. The summed E-state index contributed by atoms with van der Waals surface area (Å²) >= 11 is 1.92. The second kappa shape index (κ2) is 5.71. The van der Waals surface area contributed by atoms with Gasteiger partial charge < -0.3 is 9.84 Å². The summed E-state index contributed by atoms with van der Waals surface area (Å²) < 4.78 is 18.8. The molecule has 1 aromatic carbocycles. The van der Waals surface area contributed by atoms with Gasteiger partial charge in [-0.2, -0.15) is 16.7 Å². The van der Waals surface area contributed by atoms with Crippen LogP contribution in [0.15, 0.2) is 28.8 Å². The van der Waals surface area contributed by atoms with Crippen LogP contribution in [0.2, 0.25) is 0 Å². The van der Waals surface area contributed by atoms with Crippen LogP contribution in [0.1, 0.15) is 5.89 Å². The molecule has 0 radical (unpaired) electrons. The molecule has 4 nitrogen and oxygen atoms in total. The Kier molecular flexibility index (Phi) is 3.79. The van der Waals surface area contributed by atoms with Gasteiger partial charge in [-0.05, 0) is 12.1 Å². The standard InChI is InChI=1S/C13H14FN3OS/c14-11-4-2-1-3-10(11)13-16-12(18-17-13)7-9-8-19-6-5-15-9/h1-4,9,15H,5-8H2. The molecule has 1 unspecified atom stereocenters. The maximum Gasteiger partial charge on any atom is 0.228 e. The minimum Gasteiger partial charge on any atom is -0.339 e. The topological polar surface area (TPSA) is 51.0 Å². The third-order valence-electron chi connectivity index (χ3n) is 3.00. The number of halogens is 1. The van der Waals surface area contributed by atoms with E-state index >= 15 is 0 Å². The van der Waals surface area contributed by atoms with Crippen LogP contribution in [0.5, 0.6) is 0 Å². The highest BCUT2D eigenvalue weighted by atomic mass is 32.2. The van der Waals surface area contributed by atoms with Gasteiger partial charge in [0.25, 0.3) is 0 Å². The summed E-state index contributed by atoms with van der Waals surface area (Å²) in [6, 6.07) is 6.80. The summed E-state index contributed by atoms with van der Waals surface area (Å²) in [5.41, 5.74) is 0.378. The number of aromatic nitrogens is 2. The quantitative estimate of drug-likeness (QED) is 0.932. The molecule has 1 atom stereocenters. The van der Waals surface area contributed by atoms with Gasteiger partial charge in [0, 0.05) is 30.5 Å². The first-order valence-corrected chi connectivity index (χ1v) is 7.37. The summed E-state index contributed by atoms with van der Waals surface area (Å²) in [6.45, 7) is 1.00. The molecule has 100 valence electrons. The van der Waals surface area contributed by atoms with E-state index in [1.165, 1.54) is 6.07 Å². The van der Waals surface area contributed by atoms with Crippen molar-refractivity contribution >= 4 is 11.8 Å². The molecule has 1 saturated heterocycles. The molecule has 2 heterocycles. The van der Waals surface area contributed by atoms with E-state index in [9.17, 15) is 4.39 Å². The van der Waals surface area contributed by atoms with Crippen molar-refractivity contribution in [2.75, 3.05) is 18.1 Å². The zero-order valence-corrected chi connectivity index (χ0v) is 11.1. The number of thioether (sulfide) groups is 1. The summed E-state index contributed by atoms with van der Waals surface area (Å²) in [5, 5.41) is 7.26. The second-order valence-corrected chi connectivity index (χ2v) is 5.57. The van der Waals surface area contributed by atoms with Gasteiger partial charge >= 0.3 is 0 Å². The number of benzene rings is 1. The number of rotatable bonds is 3. The number of nitrogens with one attached hydrogen (secondary N) is 1. The van der Waals surface area contributed by atoms with Gasteiger partial charge in [-0.15, -0.1) is 0 Å². The van der Waals surface area contributed by atoms with Crippen LogP contribution in [-0.4, -0.2) is 34.2 Å². The lowest BCUT2D eigenvalue weighted by Crippen LogP contribution is -2.38. The predicted molar refractivity (Wildman–Crippen MR) is 72.5 cm³/mol. The Morgan fingerprint density at radius 2 is 2.32 bits per heavy atom. The molecule has 0 aliphatic carbocycles. The van der Waals surface area contributed by atoms with Crippen LogP contribution in [0.25, 0.3) is 11.4 Å². The van der Waals surface area contributed by atoms with Crippen molar-refractivity contribution in [3.05, 3.63) is 36.0 Å². The molecule has 0 amide bonds. The molecule has 19 heavy (non-hydrogen) atoms. The monoisotopic (exact) mass is 279 g/mol. The molecule has 1 fully saturated rings. The molecule has 3 rings (SSSR count). The lowest BCUT2D eigenvalue weighted by atomic mass is 10.2. The molecular weight excluding hydrogens is 265 g/mol. The van der Waals surface area contributed by atoms with Crippen molar-refractivity contribution in [2.45, 2.75) is 12.5 Å². The molecule has 0 saturated carbocycles. The van der Waals surface area contributed by atoms with E-state index in [0.29, 0.717) is 29.7 Å². The van der Waals surface area contributed by atoms with Gasteiger partial charge in [-0.1, -0.05) is 17.3 Å². The van der Waals surface area contributed by atoms with Crippen LogP contribution in [-0.2, 0) is 6.42 Å². The van der Waals surface area contributed by atoms with Crippen LogP contribution in [0, 0.1) is 5.82 Å². The van der Waals surface area contributed by atoms with Crippen LogP contribution < -0.4 is 5.32 Å². The van der Waals surface area contributed by atoms with Crippen molar-refractivity contribution in [3.8, 4) is 11.4 Å². The van der Waals surface area contributed by atoms with Gasteiger partial charge in [0.15, 0.2) is 0 Å². The highest BCUT2D eigenvalue weighted by Gasteiger charge is 2.18. The van der Waals surface area contributed by atoms with Gasteiger partial charge in [0.05, 0.1) is 5.56 Å². The first-order valence-electron chi connectivity index (χ1n) is 6.21. The van der Waals surface area contributed by atoms with Gasteiger partial charge in [0.2, 0.25) is 11.7 Å². The Balaban J connectivity index is 1.74. The average molecular weight is 279 g/mol. The molecular formula is C13H14FN3OS. The van der Waals surface area contributed by atoms with Gasteiger partial charge in [-0.3, -0.25) is 0 Å². The first-order chi connectivity index (χ1) is 9.33. The zero-order chi connectivity index (χ0) is 13.1. The van der Waals surface area contributed by atoms with Crippen molar-refractivity contribution in [1.29, 1.82) is 0 Å². The van der Waals surface area contributed by atoms with E-state index in [-0.39, 0.29) is 5.82 Å². The zero-order valence-electron chi connectivity index (χ0n) is 10.3. The van der Waals surface area contributed by atoms with Gasteiger partial charge in [-0.25, -0.2) is 4.39 Å². The van der Waals surface area contributed by atoms with E-state index in [1.807, 2.05) is 11.8 Å². The van der Waals surface area contributed by atoms with E-state index in [4.69, 9.17) is 4.52 Å². The maximum atomic E-state index is 13.6. The summed E-state index contributed by atoms with van der Waals surface area (Å²) in [7, 11) is 0. The number of hydrogen-bond acceptors (Lipinski definition) is 5. The van der Waals surface area contributed by atoms with E-state index in [0.717, 1.165) is 18.1 Å². The minimum atomic E-state index is -0.332. The fraction of sp³-hybridized carbons (Fsp3) is 0.385. The van der Waals surface area contributed by atoms with Crippen LogP contribution >= 0.6 is 11.8 Å². The molecule has 6 heteroatoms. The second-order valence-electron chi connectivity index (χ2n) is 4.42. The van der Waals surface area contributed by atoms with Crippen molar-refractivity contribution < 1.29 is 8.91 Å². The fourth-order valence-corrected chi connectivity index (χ4v) is 3.00. The molecule has 2 aromatic rings. The summed E-state index contributed by atoms with van der Waals surface area (Å²) in [5.74, 6) is 2.72. The number of nitrogens with zero attached hydrogens (tertiary/aromatic N) is 2. The minimum absolute atomic E-state index is 0.316. The Morgan fingerprint density at radius 1 is 1.42 bits per heavy atom. The van der Waals surface area contributed by atoms with Gasteiger partial charge in [0.1, 0.15) is 5.82 Å². The van der Waals surface area contributed by atoms with Crippen LogP contribution in [0.4, 0.5) is 4.39 Å². The van der Waals surface area contributed by atoms with Crippen molar-refractivity contribution in [1.82, 2.24) is 15.5 Å². The predicted octanol–water partition coefficient (Wildman–Crippen LogP) is 2.12. The Bertz CT molecular complexity index is 554. The number of hydrogen-bond donors (Lipinski definition) is 1. The molecule has 1 aliphatic rings. The Hall–Kier alpha value is -1.40. The first kappa shape index (κ1) is 12.6. The lowest BCUT2D eigenvalue weighted by Gasteiger charge is -2.21. The SMILES string of the molecule is Fc1ccccc1-c1noc(CC2CSCCN2)n1. The van der Waals surface area contributed by atoms with E-state index < -0.39 is 0 Å². The average Bonchev–Trinajstić information content (AvgIpc) is 2.89. The highest BCUT2D eigenvalue weighted by molar-refractivity contribution is 7.99. The summed E-state index contributed by atoms with van der Waals surface area (Å²) in [6.07, 6.45) is 0.689. The summed E-state index contributed by atoms with van der Waals surface area (Å²) in [4.78, 5) is 4.27. The molecule has 0 bridgehead atoms. The third kappa shape index (κ3) is 2.96. The fourth-order valence-electron chi connectivity index (χ4n) is 2.05. The smallest absolute Gasteiger partial charge is 0.228 e. The molecule has 1 aromatic heterocycles. The van der Waals surface area contributed by atoms with E-state index in [2.05, 4.69) is 15.5 Å². The lowest BCUT2D eigenvalue weighted by molar-refractivity contribution is 0.363. The molecule has 1 N–H and O–H groups in total. The Labute approximate surface area is 114 Å². The Morgan fingerprint density at radius 3 is 3.11 bits per heavy atom. The molecule has 1 aliphatic heterocycles. The van der Waals surface area contributed by atoms with Crippen molar-refractivity contribution in [3.63, 3.8) is 0 Å². The normalized spacial score (nSPS) is 19.5. The molecule has 0 spiro atoms. The van der Waals surface area contributed by atoms with Crippen LogP contribution in [0.3, 0.4) is 0 Å². The van der Waals surface area contributed by atoms with Crippen molar-refractivity contribution in [2.24, 2.45) is 0 Å². The maximum absolute atomic E-state index is 13.6.